The molecule has 2 aromatic rings. The van der Waals surface area contributed by atoms with Gasteiger partial charge in [0.15, 0.2) is 0 Å². The van der Waals surface area contributed by atoms with Crippen LogP contribution in [0.2, 0.25) is 0 Å². The zero-order valence-electron chi connectivity index (χ0n) is 11.4. The van der Waals surface area contributed by atoms with E-state index in [-0.39, 0.29) is 0 Å². The van der Waals surface area contributed by atoms with Gasteiger partial charge in [-0.05, 0) is 38.8 Å². The van der Waals surface area contributed by atoms with Gasteiger partial charge in [-0.25, -0.2) is 0 Å². The summed E-state index contributed by atoms with van der Waals surface area (Å²) in [5.41, 5.74) is 5.92. The van der Waals surface area contributed by atoms with E-state index in [4.69, 9.17) is 0 Å². The van der Waals surface area contributed by atoms with Gasteiger partial charge in [0.25, 0.3) is 0 Å². The molecule has 2 atom stereocenters. The summed E-state index contributed by atoms with van der Waals surface area (Å²) in [4.78, 5) is 5.42. The van der Waals surface area contributed by atoms with Crippen molar-refractivity contribution >= 4 is 11.3 Å². The standard InChI is InChI=1S/C15H20N2S/c1-10-5-6-11(2)14(7-10)12(3)17-13(4)15-8-16-9-18-15/h5-9,12-13,17H,1-4H3. The maximum atomic E-state index is 4.13. The Kier molecular flexibility index (Phi) is 4.15. The van der Waals surface area contributed by atoms with E-state index < -0.39 is 0 Å². The van der Waals surface area contributed by atoms with Crippen molar-refractivity contribution < 1.29 is 0 Å². The van der Waals surface area contributed by atoms with E-state index >= 15 is 0 Å². The van der Waals surface area contributed by atoms with E-state index in [9.17, 15) is 0 Å². The largest absolute Gasteiger partial charge is 0.303 e. The maximum Gasteiger partial charge on any atom is 0.0794 e. The van der Waals surface area contributed by atoms with E-state index in [0.717, 1.165) is 0 Å². The minimum atomic E-state index is 0.340. The van der Waals surface area contributed by atoms with Crippen molar-refractivity contribution in [2.45, 2.75) is 39.8 Å². The van der Waals surface area contributed by atoms with E-state index in [2.05, 4.69) is 56.2 Å². The maximum absolute atomic E-state index is 4.13. The Hall–Kier alpha value is -1.19. The summed E-state index contributed by atoms with van der Waals surface area (Å²) in [6.07, 6.45) is 1.94. The molecule has 0 radical (unpaired) electrons. The zero-order valence-corrected chi connectivity index (χ0v) is 12.2. The molecule has 0 aliphatic carbocycles. The molecule has 0 aliphatic heterocycles. The van der Waals surface area contributed by atoms with Crippen LogP contribution in [0.25, 0.3) is 0 Å². The van der Waals surface area contributed by atoms with Crippen LogP contribution >= 0.6 is 11.3 Å². The quantitative estimate of drug-likeness (QED) is 0.892. The lowest BCUT2D eigenvalue weighted by molar-refractivity contribution is 0.498. The van der Waals surface area contributed by atoms with E-state index in [1.54, 1.807) is 11.3 Å². The molecule has 2 unspecified atom stereocenters. The Balaban J connectivity index is 2.12. The van der Waals surface area contributed by atoms with Gasteiger partial charge in [-0.1, -0.05) is 23.8 Å². The third kappa shape index (κ3) is 2.98. The first-order valence-corrected chi connectivity index (χ1v) is 7.17. The SMILES string of the molecule is Cc1ccc(C)c(C(C)NC(C)c2cncs2)c1. The fourth-order valence-electron chi connectivity index (χ4n) is 2.21. The Bertz CT molecular complexity index is 505. The molecular weight excluding hydrogens is 240 g/mol. The molecule has 0 saturated carbocycles. The highest BCUT2D eigenvalue weighted by molar-refractivity contribution is 7.09. The molecule has 0 aliphatic rings. The van der Waals surface area contributed by atoms with Crippen LogP contribution in [0.1, 0.15) is 47.5 Å². The van der Waals surface area contributed by atoms with Crippen molar-refractivity contribution in [3.63, 3.8) is 0 Å². The van der Waals surface area contributed by atoms with Crippen LogP contribution in [0.3, 0.4) is 0 Å². The number of hydrogen-bond donors (Lipinski definition) is 1. The highest BCUT2D eigenvalue weighted by Crippen LogP contribution is 2.24. The first kappa shape index (κ1) is 13.2. The van der Waals surface area contributed by atoms with Gasteiger partial charge in [0.2, 0.25) is 0 Å². The molecule has 18 heavy (non-hydrogen) atoms. The fraction of sp³-hybridized carbons (Fsp3) is 0.400. The van der Waals surface area contributed by atoms with Crippen LogP contribution in [0, 0.1) is 13.8 Å². The van der Waals surface area contributed by atoms with E-state index in [0.29, 0.717) is 12.1 Å². The predicted octanol–water partition coefficient (Wildman–Crippen LogP) is 4.17. The third-order valence-electron chi connectivity index (χ3n) is 3.28. The molecule has 0 amide bonds. The van der Waals surface area contributed by atoms with E-state index in [1.165, 1.54) is 21.6 Å². The Morgan fingerprint density at radius 3 is 2.61 bits per heavy atom. The Morgan fingerprint density at radius 1 is 1.17 bits per heavy atom. The second-order valence-corrected chi connectivity index (χ2v) is 5.79. The van der Waals surface area contributed by atoms with Crippen LogP contribution in [0.15, 0.2) is 29.9 Å². The van der Waals surface area contributed by atoms with Gasteiger partial charge in [-0.2, -0.15) is 0 Å². The first-order valence-electron chi connectivity index (χ1n) is 6.29. The molecule has 1 aromatic carbocycles. The van der Waals surface area contributed by atoms with Gasteiger partial charge in [0.05, 0.1) is 5.51 Å². The lowest BCUT2D eigenvalue weighted by atomic mass is 9.99. The highest BCUT2D eigenvalue weighted by Gasteiger charge is 2.13. The van der Waals surface area contributed by atoms with Crippen molar-refractivity contribution in [3.05, 3.63) is 51.5 Å². The molecular formula is C15H20N2S. The predicted molar refractivity (Wildman–Crippen MR) is 78.0 cm³/mol. The summed E-state index contributed by atoms with van der Waals surface area (Å²) in [7, 11) is 0. The third-order valence-corrected chi connectivity index (χ3v) is 4.24. The van der Waals surface area contributed by atoms with Crippen LogP contribution in [-0.4, -0.2) is 4.98 Å². The minimum Gasteiger partial charge on any atom is -0.303 e. The average molecular weight is 260 g/mol. The van der Waals surface area contributed by atoms with Crippen LogP contribution < -0.4 is 5.32 Å². The van der Waals surface area contributed by atoms with Crippen molar-refractivity contribution in [3.8, 4) is 0 Å². The van der Waals surface area contributed by atoms with Crippen molar-refractivity contribution in [1.29, 1.82) is 0 Å². The summed E-state index contributed by atoms with van der Waals surface area (Å²) in [6.45, 7) is 8.72. The summed E-state index contributed by atoms with van der Waals surface area (Å²) >= 11 is 1.70. The lowest BCUT2D eigenvalue weighted by Gasteiger charge is -2.21. The summed E-state index contributed by atoms with van der Waals surface area (Å²) in [6, 6.07) is 7.32. The molecule has 1 aromatic heterocycles. The Labute approximate surface area is 113 Å². The van der Waals surface area contributed by atoms with Gasteiger partial charge < -0.3 is 5.32 Å². The molecule has 0 spiro atoms. The number of hydrogen-bond acceptors (Lipinski definition) is 3. The highest BCUT2D eigenvalue weighted by atomic mass is 32.1. The second-order valence-electron chi connectivity index (χ2n) is 4.87. The van der Waals surface area contributed by atoms with Crippen LogP contribution in [0.5, 0.6) is 0 Å². The number of aryl methyl sites for hydroxylation is 2. The van der Waals surface area contributed by atoms with Crippen molar-refractivity contribution in [1.82, 2.24) is 10.3 Å². The number of aromatic nitrogens is 1. The van der Waals surface area contributed by atoms with E-state index in [1.807, 2.05) is 11.7 Å². The van der Waals surface area contributed by atoms with Crippen molar-refractivity contribution in [2.24, 2.45) is 0 Å². The smallest absolute Gasteiger partial charge is 0.0794 e. The molecule has 0 bridgehead atoms. The topological polar surface area (TPSA) is 24.9 Å². The normalized spacial score (nSPS) is 14.4. The molecule has 0 saturated heterocycles. The number of nitrogens with zero attached hydrogens (tertiary/aromatic N) is 1. The second kappa shape index (κ2) is 5.63. The monoisotopic (exact) mass is 260 g/mol. The fourth-order valence-corrected chi connectivity index (χ4v) is 2.85. The van der Waals surface area contributed by atoms with Crippen LogP contribution in [-0.2, 0) is 0 Å². The lowest BCUT2D eigenvalue weighted by Crippen LogP contribution is -2.22. The van der Waals surface area contributed by atoms with Gasteiger partial charge >= 0.3 is 0 Å². The number of rotatable bonds is 4. The molecule has 0 fully saturated rings. The van der Waals surface area contributed by atoms with Crippen molar-refractivity contribution in [2.75, 3.05) is 0 Å². The summed E-state index contributed by atoms with van der Waals surface area (Å²) < 4.78 is 0. The molecule has 1 N–H and O–H groups in total. The summed E-state index contributed by atoms with van der Waals surface area (Å²) in [5, 5.41) is 3.64. The number of thiazole rings is 1. The minimum absolute atomic E-state index is 0.340. The molecule has 96 valence electrons. The number of nitrogens with one attached hydrogen (secondary N) is 1. The molecule has 1 heterocycles. The average Bonchev–Trinajstić information content (AvgIpc) is 2.85. The molecule has 2 rings (SSSR count). The molecule has 2 nitrogen and oxygen atoms in total. The summed E-state index contributed by atoms with van der Waals surface area (Å²) in [5.74, 6) is 0. The zero-order chi connectivity index (χ0) is 13.1. The van der Waals surface area contributed by atoms with Gasteiger partial charge in [-0.15, -0.1) is 11.3 Å². The van der Waals surface area contributed by atoms with Gasteiger partial charge in [0.1, 0.15) is 0 Å². The van der Waals surface area contributed by atoms with Gasteiger partial charge in [0, 0.05) is 23.2 Å². The number of benzene rings is 1. The van der Waals surface area contributed by atoms with Crippen LogP contribution in [0.4, 0.5) is 0 Å². The van der Waals surface area contributed by atoms with Gasteiger partial charge in [-0.3, -0.25) is 4.98 Å². The molecule has 3 heteroatoms. The first-order chi connectivity index (χ1) is 8.58. The Morgan fingerprint density at radius 2 is 1.94 bits per heavy atom.